The maximum Gasteiger partial charge on any atom is 0.266 e. The van der Waals surface area contributed by atoms with E-state index >= 15 is 0 Å². The number of halogens is 2. The molecule has 146 valence electrons. The van der Waals surface area contributed by atoms with Crippen LogP contribution in [0.25, 0.3) is 6.08 Å². The van der Waals surface area contributed by atoms with E-state index < -0.39 is 5.91 Å². The summed E-state index contributed by atoms with van der Waals surface area (Å²) in [6.45, 7) is 1.94. The number of aryl methyl sites for hydroxylation is 1. The van der Waals surface area contributed by atoms with Crippen LogP contribution in [0.1, 0.15) is 11.1 Å². The van der Waals surface area contributed by atoms with Gasteiger partial charge in [0.25, 0.3) is 5.91 Å². The van der Waals surface area contributed by atoms with Crippen molar-refractivity contribution in [1.82, 2.24) is 0 Å². The summed E-state index contributed by atoms with van der Waals surface area (Å²) in [5.41, 5.74) is 2.05. The number of hydrogen-bond donors (Lipinski definition) is 1. The molecule has 6 nitrogen and oxygen atoms in total. The predicted octanol–water partition coefficient (Wildman–Crippen LogP) is 5.09. The van der Waals surface area contributed by atoms with E-state index in [1.165, 1.54) is 27.4 Å². The number of carbonyl (C=O) groups excluding carboxylic acids is 1. The molecule has 0 heterocycles. The molecule has 0 bridgehead atoms. The topological polar surface area (TPSA) is 80.6 Å². The van der Waals surface area contributed by atoms with Crippen molar-refractivity contribution in [2.24, 2.45) is 0 Å². The van der Waals surface area contributed by atoms with E-state index in [9.17, 15) is 10.1 Å². The Morgan fingerprint density at radius 1 is 1.04 bits per heavy atom. The number of rotatable bonds is 6. The van der Waals surface area contributed by atoms with Crippen LogP contribution in [-0.2, 0) is 4.79 Å². The van der Waals surface area contributed by atoms with Gasteiger partial charge in [-0.25, -0.2) is 0 Å². The summed E-state index contributed by atoms with van der Waals surface area (Å²) in [4.78, 5) is 12.6. The van der Waals surface area contributed by atoms with Crippen molar-refractivity contribution < 1.29 is 19.0 Å². The fraction of sp³-hybridized carbons (Fsp3) is 0.200. The molecule has 0 fully saturated rings. The highest BCUT2D eigenvalue weighted by molar-refractivity contribution is 9.11. The van der Waals surface area contributed by atoms with Gasteiger partial charge in [0.15, 0.2) is 11.5 Å². The molecule has 0 spiro atoms. The molecule has 2 aromatic carbocycles. The van der Waals surface area contributed by atoms with Gasteiger partial charge in [-0.3, -0.25) is 4.79 Å². The summed E-state index contributed by atoms with van der Waals surface area (Å²) in [6.07, 6.45) is 1.45. The molecule has 1 amide bonds. The highest BCUT2D eigenvalue weighted by Crippen LogP contribution is 2.39. The summed E-state index contributed by atoms with van der Waals surface area (Å²) in [5.74, 6) is 0.740. The Labute approximate surface area is 180 Å². The number of hydrogen-bond acceptors (Lipinski definition) is 5. The second kappa shape index (κ2) is 9.62. The van der Waals surface area contributed by atoms with E-state index in [1.54, 1.807) is 12.1 Å². The molecule has 0 unspecified atom stereocenters. The molecule has 0 aliphatic heterocycles. The first-order valence-corrected chi connectivity index (χ1v) is 9.62. The summed E-state index contributed by atoms with van der Waals surface area (Å²) in [6, 6.07) is 8.98. The van der Waals surface area contributed by atoms with Crippen LogP contribution in [0.4, 0.5) is 5.69 Å². The molecule has 1 N–H and O–H groups in total. The number of nitrogens with one attached hydrogen (secondary N) is 1. The van der Waals surface area contributed by atoms with E-state index in [4.69, 9.17) is 14.2 Å². The lowest BCUT2D eigenvalue weighted by molar-refractivity contribution is -0.112. The van der Waals surface area contributed by atoms with Crippen LogP contribution < -0.4 is 19.5 Å². The molecule has 0 saturated heterocycles. The molecular formula is C20H18Br2N2O4. The van der Waals surface area contributed by atoms with Crippen molar-refractivity contribution >= 4 is 49.5 Å². The zero-order valence-electron chi connectivity index (χ0n) is 15.7. The first-order chi connectivity index (χ1) is 13.3. The van der Waals surface area contributed by atoms with Crippen molar-refractivity contribution in [3.63, 3.8) is 0 Å². The van der Waals surface area contributed by atoms with E-state index in [0.717, 1.165) is 5.56 Å². The molecule has 2 aromatic rings. The maximum absolute atomic E-state index is 12.6. The third kappa shape index (κ3) is 4.86. The molecule has 0 aliphatic carbocycles. The zero-order chi connectivity index (χ0) is 20.8. The summed E-state index contributed by atoms with van der Waals surface area (Å²) in [7, 11) is 4.49. The average molecular weight is 510 g/mol. The molecule has 0 aliphatic rings. The van der Waals surface area contributed by atoms with Crippen molar-refractivity contribution in [3.8, 4) is 23.3 Å². The van der Waals surface area contributed by atoms with Gasteiger partial charge >= 0.3 is 0 Å². The van der Waals surface area contributed by atoms with Gasteiger partial charge in [-0.05, 0) is 80.3 Å². The fourth-order valence-corrected chi connectivity index (χ4v) is 4.11. The van der Waals surface area contributed by atoms with Gasteiger partial charge in [-0.15, -0.1) is 0 Å². The Morgan fingerprint density at radius 3 is 2.00 bits per heavy atom. The van der Waals surface area contributed by atoms with Gasteiger partial charge in [-0.1, -0.05) is 0 Å². The van der Waals surface area contributed by atoms with Crippen LogP contribution >= 0.6 is 31.9 Å². The number of amides is 1. The first kappa shape index (κ1) is 21.8. The number of nitriles is 1. The standard InChI is InChI=1S/C20H18Br2N2O4/c1-11-5-14(21)18(15(22)6-11)24-20(25)13(10-23)7-12-8-16(26-2)19(28-4)17(9-12)27-3/h5-9H,1-4H3,(H,24,25)/b13-7+. The van der Waals surface area contributed by atoms with E-state index in [2.05, 4.69) is 37.2 Å². The quantitative estimate of drug-likeness (QED) is 0.433. The minimum atomic E-state index is -0.540. The van der Waals surface area contributed by atoms with Crippen molar-refractivity contribution in [1.29, 1.82) is 5.26 Å². The number of nitrogens with zero attached hydrogens (tertiary/aromatic N) is 1. The van der Waals surface area contributed by atoms with Crippen molar-refractivity contribution in [2.45, 2.75) is 6.92 Å². The normalized spacial score (nSPS) is 10.8. The third-order valence-corrected chi connectivity index (χ3v) is 5.04. The average Bonchev–Trinajstić information content (AvgIpc) is 2.67. The Bertz CT molecular complexity index is 933. The van der Waals surface area contributed by atoms with Crippen LogP contribution in [0, 0.1) is 18.3 Å². The van der Waals surface area contributed by atoms with Crippen molar-refractivity contribution in [3.05, 3.63) is 49.9 Å². The summed E-state index contributed by atoms with van der Waals surface area (Å²) >= 11 is 6.85. The lowest BCUT2D eigenvalue weighted by Gasteiger charge is -2.13. The second-order valence-electron chi connectivity index (χ2n) is 5.69. The maximum atomic E-state index is 12.6. The lowest BCUT2D eigenvalue weighted by atomic mass is 10.1. The molecule has 2 rings (SSSR count). The molecule has 28 heavy (non-hydrogen) atoms. The van der Waals surface area contributed by atoms with Crippen LogP contribution in [-0.4, -0.2) is 27.2 Å². The third-order valence-electron chi connectivity index (χ3n) is 3.79. The molecule has 0 aromatic heterocycles. The Balaban J connectivity index is 2.41. The Kier molecular flexibility index (Phi) is 7.49. The van der Waals surface area contributed by atoms with Crippen LogP contribution in [0.2, 0.25) is 0 Å². The van der Waals surface area contributed by atoms with Crippen LogP contribution in [0.5, 0.6) is 17.2 Å². The van der Waals surface area contributed by atoms with Crippen molar-refractivity contribution in [2.75, 3.05) is 26.6 Å². The van der Waals surface area contributed by atoms with Crippen LogP contribution in [0.3, 0.4) is 0 Å². The Hall–Kier alpha value is -2.50. The SMILES string of the molecule is COc1cc(/C=C(\C#N)C(=O)Nc2c(Br)cc(C)cc2Br)cc(OC)c1OC. The predicted molar refractivity (Wildman–Crippen MR) is 115 cm³/mol. The minimum absolute atomic E-state index is 0.0753. The van der Waals surface area contributed by atoms with Gasteiger partial charge in [0.1, 0.15) is 11.6 Å². The van der Waals surface area contributed by atoms with Gasteiger partial charge in [0.2, 0.25) is 5.75 Å². The summed E-state index contributed by atoms with van der Waals surface area (Å²) in [5, 5.41) is 12.2. The molecule has 0 saturated carbocycles. The van der Waals surface area contributed by atoms with E-state index in [-0.39, 0.29) is 5.57 Å². The Morgan fingerprint density at radius 2 is 1.57 bits per heavy atom. The smallest absolute Gasteiger partial charge is 0.266 e. The number of methoxy groups -OCH3 is 3. The fourth-order valence-electron chi connectivity index (χ4n) is 2.50. The number of anilines is 1. The van der Waals surface area contributed by atoms with E-state index in [1.807, 2.05) is 25.1 Å². The minimum Gasteiger partial charge on any atom is -0.493 e. The highest BCUT2D eigenvalue weighted by Gasteiger charge is 2.16. The highest BCUT2D eigenvalue weighted by atomic mass is 79.9. The lowest BCUT2D eigenvalue weighted by Crippen LogP contribution is -2.14. The number of benzene rings is 2. The molecular weight excluding hydrogens is 492 g/mol. The number of carbonyl (C=O) groups is 1. The monoisotopic (exact) mass is 508 g/mol. The van der Waals surface area contributed by atoms with Gasteiger partial charge in [0, 0.05) is 8.95 Å². The van der Waals surface area contributed by atoms with Gasteiger partial charge < -0.3 is 19.5 Å². The molecule has 0 atom stereocenters. The van der Waals surface area contributed by atoms with Crippen LogP contribution in [0.15, 0.2) is 38.8 Å². The number of ether oxygens (including phenoxy) is 3. The first-order valence-electron chi connectivity index (χ1n) is 8.03. The van der Waals surface area contributed by atoms with Gasteiger partial charge in [-0.2, -0.15) is 5.26 Å². The summed E-state index contributed by atoms with van der Waals surface area (Å²) < 4.78 is 17.3. The largest absolute Gasteiger partial charge is 0.493 e. The molecule has 0 radical (unpaired) electrons. The second-order valence-corrected chi connectivity index (χ2v) is 7.39. The molecule has 8 heteroatoms. The zero-order valence-corrected chi connectivity index (χ0v) is 18.9. The van der Waals surface area contributed by atoms with Gasteiger partial charge in [0.05, 0.1) is 27.0 Å². The van der Waals surface area contributed by atoms with E-state index in [0.29, 0.717) is 37.4 Å².